The Morgan fingerprint density at radius 3 is 2.92 bits per heavy atom. The topological polar surface area (TPSA) is 85.4 Å². The van der Waals surface area contributed by atoms with Crippen molar-refractivity contribution < 1.29 is 14.6 Å². The molecule has 12 heavy (non-hydrogen) atoms. The number of aromatic nitrogens is 1. The summed E-state index contributed by atoms with van der Waals surface area (Å²) >= 11 is 3.05. The zero-order chi connectivity index (χ0) is 9.14. The Balaban J connectivity index is 2.97. The van der Waals surface area contributed by atoms with E-state index < -0.39 is 6.16 Å². The zero-order valence-electron chi connectivity index (χ0n) is 5.82. The van der Waals surface area contributed by atoms with E-state index in [0.717, 1.165) is 0 Å². The molecular weight excluding hydrogens is 228 g/mol. The first-order valence-electron chi connectivity index (χ1n) is 2.92. The molecule has 6 heteroatoms. The van der Waals surface area contributed by atoms with E-state index in [1.54, 1.807) is 6.07 Å². The summed E-state index contributed by atoms with van der Waals surface area (Å²) in [6.45, 7) is 0. The monoisotopic (exact) mass is 232 g/mol. The van der Waals surface area contributed by atoms with Gasteiger partial charge in [0.25, 0.3) is 5.88 Å². The lowest BCUT2D eigenvalue weighted by Gasteiger charge is -2.01. The summed E-state index contributed by atoms with van der Waals surface area (Å²) in [5, 5.41) is 8.25. The van der Waals surface area contributed by atoms with E-state index in [4.69, 9.17) is 10.8 Å². The van der Waals surface area contributed by atoms with Crippen molar-refractivity contribution in [1.29, 1.82) is 0 Å². The Labute approximate surface area is 76.3 Å². The Morgan fingerprint density at radius 1 is 1.67 bits per heavy atom. The van der Waals surface area contributed by atoms with E-state index in [2.05, 4.69) is 25.7 Å². The van der Waals surface area contributed by atoms with E-state index in [-0.39, 0.29) is 11.6 Å². The summed E-state index contributed by atoms with van der Waals surface area (Å²) in [4.78, 5) is 13.8. The van der Waals surface area contributed by atoms with Gasteiger partial charge >= 0.3 is 6.16 Å². The molecule has 0 bridgehead atoms. The van der Waals surface area contributed by atoms with Crippen LogP contribution >= 0.6 is 15.9 Å². The molecule has 1 aromatic rings. The fourth-order valence-electron chi connectivity index (χ4n) is 0.593. The minimum atomic E-state index is -1.44. The van der Waals surface area contributed by atoms with Gasteiger partial charge in [-0.05, 0) is 28.1 Å². The van der Waals surface area contributed by atoms with Gasteiger partial charge in [-0.2, -0.15) is 0 Å². The Bertz CT molecular complexity index is 316. The Kier molecular flexibility index (Phi) is 2.49. The molecule has 0 aliphatic rings. The summed E-state index contributed by atoms with van der Waals surface area (Å²) in [6, 6.07) is 3.08. The highest BCUT2D eigenvalue weighted by Gasteiger charge is 2.06. The molecule has 0 aliphatic carbocycles. The van der Waals surface area contributed by atoms with E-state index in [0.29, 0.717) is 4.60 Å². The maximum Gasteiger partial charge on any atom is 0.512 e. The van der Waals surface area contributed by atoms with Crippen LogP contribution in [0.4, 0.5) is 10.5 Å². The molecule has 0 aliphatic heterocycles. The fraction of sp³-hybridized carbons (Fsp3) is 0. The molecule has 0 saturated carbocycles. The number of nitrogens with zero attached hydrogens (tertiary/aromatic N) is 1. The van der Waals surface area contributed by atoms with Gasteiger partial charge in [0, 0.05) is 0 Å². The largest absolute Gasteiger partial charge is 0.512 e. The lowest BCUT2D eigenvalue weighted by atomic mass is 10.4. The number of rotatable bonds is 1. The quantitative estimate of drug-likeness (QED) is 0.566. The minimum Gasteiger partial charge on any atom is -0.449 e. The number of nitrogen functional groups attached to an aromatic ring is 1. The molecule has 0 atom stereocenters. The van der Waals surface area contributed by atoms with E-state index in [1.165, 1.54) is 6.07 Å². The third-order valence-electron chi connectivity index (χ3n) is 1.04. The van der Waals surface area contributed by atoms with Gasteiger partial charge in [0.05, 0.1) is 5.69 Å². The number of anilines is 1. The van der Waals surface area contributed by atoms with E-state index in [9.17, 15) is 4.79 Å². The number of hydrogen-bond donors (Lipinski definition) is 2. The molecule has 1 aromatic heterocycles. The van der Waals surface area contributed by atoms with Crippen molar-refractivity contribution in [2.24, 2.45) is 0 Å². The lowest BCUT2D eigenvalue weighted by molar-refractivity contribution is 0.143. The minimum absolute atomic E-state index is 0.114. The molecule has 3 N–H and O–H groups in total. The van der Waals surface area contributed by atoms with Crippen molar-refractivity contribution in [3.05, 3.63) is 16.7 Å². The van der Waals surface area contributed by atoms with Crippen LogP contribution in [0.5, 0.6) is 5.88 Å². The average molecular weight is 233 g/mol. The van der Waals surface area contributed by atoms with Crippen LogP contribution in [0.25, 0.3) is 0 Å². The SMILES string of the molecule is Nc1ccc(Br)nc1OC(=O)O. The number of pyridine rings is 1. The first-order valence-corrected chi connectivity index (χ1v) is 3.71. The molecule has 0 fully saturated rings. The third kappa shape index (κ3) is 2.09. The summed E-state index contributed by atoms with van der Waals surface area (Å²) < 4.78 is 4.74. The number of nitrogens with two attached hydrogens (primary N) is 1. The van der Waals surface area contributed by atoms with Crippen LogP contribution in [0.2, 0.25) is 0 Å². The lowest BCUT2D eigenvalue weighted by Crippen LogP contribution is -2.06. The average Bonchev–Trinajstić information content (AvgIpc) is 1.96. The molecule has 0 spiro atoms. The van der Waals surface area contributed by atoms with Gasteiger partial charge in [0.1, 0.15) is 4.60 Å². The van der Waals surface area contributed by atoms with E-state index in [1.807, 2.05) is 0 Å². The Hall–Kier alpha value is -1.30. The molecule has 0 amide bonds. The van der Waals surface area contributed by atoms with Crippen LogP contribution in [0.15, 0.2) is 16.7 Å². The van der Waals surface area contributed by atoms with Crippen LogP contribution in [0.3, 0.4) is 0 Å². The molecule has 0 aromatic carbocycles. The molecule has 1 rings (SSSR count). The van der Waals surface area contributed by atoms with Gasteiger partial charge in [-0.3, -0.25) is 0 Å². The second-order valence-electron chi connectivity index (χ2n) is 1.90. The second kappa shape index (κ2) is 3.40. The predicted molar refractivity (Wildman–Crippen MR) is 45.0 cm³/mol. The normalized spacial score (nSPS) is 9.42. The molecule has 5 nitrogen and oxygen atoms in total. The molecule has 0 unspecified atom stereocenters. The maximum absolute atomic E-state index is 10.1. The summed E-state index contributed by atoms with van der Waals surface area (Å²) in [5.74, 6) is -0.114. The molecule has 1 heterocycles. The van der Waals surface area contributed by atoms with Crippen molar-refractivity contribution in [3.63, 3.8) is 0 Å². The van der Waals surface area contributed by atoms with Crippen LogP contribution in [-0.2, 0) is 0 Å². The summed E-state index contributed by atoms with van der Waals surface area (Å²) in [5.41, 5.74) is 5.55. The predicted octanol–water partition coefficient (Wildman–Crippen LogP) is 1.48. The fourth-order valence-corrected chi connectivity index (χ4v) is 0.886. The van der Waals surface area contributed by atoms with Crippen LogP contribution in [0.1, 0.15) is 0 Å². The Morgan fingerprint density at radius 2 is 2.33 bits per heavy atom. The molecule has 64 valence electrons. The van der Waals surface area contributed by atoms with Crippen molar-refractivity contribution in [2.75, 3.05) is 5.73 Å². The van der Waals surface area contributed by atoms with Crippen molar-refractivity contribution in [3.8, 4) is 5.88 Å². The van der Waals surface area contributed by atoms with Crippen molar-refractivity contribution >= 4 is 27.8 Å². The first-order chi connectivity index (χ1) is 5.59. The highest BCUT2D eigenvalue weighted by molar-refractivity contribution is 9.10. The number of carbonyl (C=O) groups is 1. The number of ether oxygens (including phenoxy) is 1. The smallest absolute Gasteiger partial charge is 0.449 e. The van der Waals surface area contributed by atoms with Gasteiger partial charge < -0.3 is 15.6 Å². The number of hydrogen-bond acceptors (Lipinski definition) is 4. The van der Waals surface area contributed by atoms with Gasteiger partial charge in [-0.1, -0.05) is 0 Å². The second-order valence-corrected chi connectivity index (χ2v) is 2.71. The summed E-state index contributed by atoms with van der Waals surface area (Å²) in [6.07, 6.45) is -1.44. The van der Waals surface area contributed by atoms with Gasteiger partial charge in [0.2, 0.25) is 0 Å². The number of halogens is 1. The van der Waals surface area contributed by atoms with Crippen molar-refractivity contribution in [2.45, 2.75) is 0 Å². The van der Waals surface area contributed by atoms with Crippen LogP contribution in [0, 0.1) is 0 Å². The molecule has 0 saturated heterocycles. The standard InChI is InChI=1S/C6H5BrN2O3/c7-4-2-1-3(8)5(9-4)12-6(10)11/h1-2H,8H2,(H,10,11). The summed E-state index contributed by atoms with van der Waals surface area (Å²) in [7, 11) is 0. The van der Waals surface area contributed by atoms with Crippen LogP contribution < -0.4 is 10.5 Å². The van der Waals surface area contributed by atoms with E-state index >= 15 is 0 Å². The van der Waals surface area contributed by atoms with Crippen molar-refractivity contribution in [1.82, 2.24) is 4.98 Å². The molecular formula is C6H5BrN2O3. The zero-order valence-corrected chi connectivity index (χ0v) is 7.41. The number of carboxylic acid groups (broad SMARTS) is 1. The van der Waals surface area contributed by atoms with Gasteiger partial charge in [-0.25, -0.2) is 9.78 Å². The third-order valence-corrected chi connectivity index (χ3v) is 1.48. The highest BCUT2D eigenvalue weighted by Crippen LogP contribution is 2.20. The maximum atomic E-state index is 10.1. The van der Waals surface area contributed by atoms with Gasteiger partial charge in [-0.15, -0.1) is 0 Å². The van der Waals surface area contributed by atoms with Crippen LogP contribution in [-0.4, -0.2) is 16.2 Å². The highest BCUT2D eigenvalue weighted by atomic mass is 79.9. The first kappa shape index (κ1) is 8.79. The van der Waals surface area contributed by atoms with Gasteiger partial charge in [0.15, 0.2) is 0 Å². The molecule has 0 radical (unpaired) electrons.